The molecule has 0 radical (unpaired) electrons. The quantitative estimate of drug-likeness (QED) is 0.583. The third kappa shape index (κ3) is 1.41. The van der Waals surface area contributed by atoms with Crippen LogP contribution in [0.2, 0.25) is 0 Å². The minimum Gasteiger partial charge on any atom is -0.376 e. The summed E-state index contributed by atoms with van der Waals surface area (Å²) in [4.78, 5) is 4.62. The number of nitrogens with two attached hydrogens (primary N) is 1. The minimum absolute atomic E-state index is 0.561. The van der Waals surface area contributed by atoms with Crippen LogP contribution in [0, 0.1) is 0 Å². The predicted octanol–water partition coefficient (Wildman–Crippen LogP) is 0.0100. The highest BCUT2D eigenvalue weighted by Gasteiger charge is 2.33. The van der Waals surface area contributed by atoms with Gasteiger partial charge in [0.05, 0.1) is 0 Å². The van der Waals surface area contributed by atoms with E-state index >= 15 is 0 Å². The smallest absolute Gasteiger partial charge is 0.166 e. The van der Waals surface area contributed by atoms with E-state index in [0.717, 1.165) is 19.1 Å². The highest BCUT2D eigenvalue weighted by Crippen LogP contribution is 2.19. The largest absolute Gasteiger partial charge is 0.376 e. The molecule has 4 heteroatoms. The van der Waals surface area contributed by atoms with Gasteiger partial charge in [0.15, 0.2) is 5.11 Å². The zero-order valence-corrected chi connectivity index (χ0v) is 8.02. The molecule has 0 amide bonds. The summed E-state index contributed by atoms with van der Waals surface area (Å²) in [7, 11) is 0. The zero-order chi connectivity index (χ0) is 8.55. The Morgan fingerprint density at radius 2 is 1.83 bits per heavy atom. The molecule has 2 rings (SSSR count). The maximum Gasteiger partial charge on any atom is 0.166 e. The van der Waals surface area contributed by atoms with Gasteiger partial charge in [-0.1, -0.05) is 0 Å². The fourth-order valence-electron chi connectivity index (χ4n) is 1.97. The van der Waals surface area contributed by atoms with Crippen LogP contribution in [0.15, 0.2) is 0 Å². The summed E-state index contributed by atoms with van der Waals surface area (Å²) >= 11 is 4.88. The molecule has 2 fully saturated rings. The fourth-order valence-corrected chi connectivity index (χ4v) is 2.12. The molecule has 0 aliphatic carbocycles. The normalized spacial score (nSPS) is 25.8. The number of likely N-dealkylation sites (tertiary alicyclic amines) is 2. The molecule has 0 bridgehead atoms. The lowest BCUT2D eigenvalue weighted by molar-refractivity contribution is 0.102. The van der Waals surface area contributed by atoms with Crippen LogP contribution in [0.5, 0.6) is 0 Å². The van der Waals surface area contributed by atoms with Gasteiger partial charge in [-0.05, 0) is 38.1 Å². The molecule has 12 heavy (non-hydrogen) atoms. The molecule has 0 spiro atoms. The Hall–Kier alpha value is -0.350. The van der Waals surface area contributed by atoms with Gasteiger partial charge < -0.3 is 10.6 Å². The topological polar surface area (TPSA) is 32.5 Å². The van der Waals surface area contributed by atoms with Crippen molar-refractivity contribution in [2.24, 2.45) is 5.73 Å². The Balaban J connectivity index is 1.77. The maximum absolute atomic E-state index is 5.50. The summed E-state index contributed by atoms with van der Waals surface area (Å²) in [5.74, 6) is 0. The standard InChI is InChI=1S/C8H15N3S/c9-8(12)11-5-7(6-11)10-3-1-2-4-10/h7H,1-6H2,(H2,9,12). The molecule has 0 unspecified atom stereocenters. The van der Waals surface area contributed by atoms with E-state index in [-0.39, 0.29) is 0 Å². The maximum atomic E-state index is 5.50. The second-order valence-electron chi connectivity index (χ2n) is 3.64. The van der Waals surface area contributed by atoms with Gasteiger partial charge in [-0.2, -0.15) is 0 Å². The van der Waals surface area contributed by atoms with E-state index in [2.05, 4.69) is 9.80 Å². The molecular formula is C8H15N3S. The second-order valence-corrected chi connectivity index (χ2v) is 4.06. The van der Waals surface area contributed by atoms with Crippen LogP contribution in [0.3, 0.4) is 0 Å². The van der Waals surface area contributed by atoms with E-state index in [1.54, 1.807) is 0 Å². The first-order valence-corrected chi connectivity index (χ1v) is 4.96. The Morgan fingerprint density at radius 1 is 1.25 bits per heavy atom. The summed E-state index contributed by atoms with van der Waals surface area (Å²) in [6, 6.07) is 0.731. The van der Waals surface area contributed by atoms with E-state index in [4.69, 9.17) is 18.0 Å². The molecule has 2 aliphatic rings. The first-order chi connectivity index (χ1) is 5.77. The minimum atomic E-state index is 0.561. The predicted molar refractivity (Wildman–Crippen MR) is 53.0 cm³/mol. The first-order valence-electron chi connectivity index (χ1n) is 4.56. The molecule has 2 heterocycles. The molecule has 0 aromatic rings. The van der Waals surface area contributed by atoms with Crippen LogP contribution in [-0.2, 0) is 0 Å². The van der Waals surface area contributed by atoms with Crippen LogP contribution in [-0.4, -0.2) is 47.1 Å². The first kappa shape index (κ1) is 8.26. The van der Waals surface area contributed by atoms with Gasteiger partial charge in [0.2, 0.25) is 0 Å². The summed E-state index contributed by atoms with van der Waals surface area (Å²) in [6.07, 6.45) is 2.73. The summed E-state index contributed by atoms with van der Waals surface area (Å²) in [5.41, 5.74) is 5.50. The summed E-state index contributed by atoms with van der Waals surface area (Å²) in [6.45, 7) is 4.65. The van der Waals surface area contributed by atoms with Gasteiger partial charge in [0, 0.05) is 19.1 Å². The average Bonchev–Trinajstić information content (AvgIpc) is 2.34. The molecule has 0 aromatic heterocycles. The van der Waals surface area contributed by atoms with E-state index in [1.165, 1.54) is 25.9 Å². The fraction of sp³-hybridized carbons (Fsp3) is 0.875. The Kier molecular flexibility index (Phi) is 2.19. The highest BCUT2D eigenvalue weighted by atomic mass is 32.1. The van der Waals surface area contributed by atoms with Crippen LogP contribution in [0.25, 0.3) is 0 Å². The van der Waals surface area contributed by atoms with E-state index in [0.29, 0.717) is 5.11 Å². The average molecular weight is 185 g/mol. The molecular weight excluding hydrogens is 170 g/mol. The van der Waals surface area contributed by atoms with E-state index < -0.39 is 0 Å². The van der Waals surface area contributed by atoms with Gasteiger partial charge in [-0.3, -0.25) is 4.90 Å². The molecule has 2 aliphatic heterocycles. The van der Waals surface area contributed by atoms with Crippen LogP contribution < -0.4 is 5.73 Å². The lowest BCUT2D eigenvalue weighted by atomic mass is 10.1. The lowest BCUT2D eigenvalue weighted by Gasteiger charge is -2.44. The number of hydrogen-bond acceptors (Lipinski definition) is 2. The Bertz CT molecular complexity index is 183. The van der Waals surface area contributed by atoms with Crippen molar-refractivity contribution in [2.45, 2.75) is 18.9 Å². The van der Waals surface area contributed by atoms with Gasteiger partial charge in [0.25, 0.3) is 0 Å². The van der Waals surface area contributed by atoms with Gasteiger partial charge >= 0.3 is 0 Å². The van der Waals surface area contributed by atoms with Crippen molar-refractivity contribution in [2.75, 3.05) is 26.2 Å². The third-order valence-corrected chi connectivity index (χ3v) is 3.09. The van der Waals surface area contributed by atoms with Gasteiger partial charge in [0.1, 0.15) is 0 Å². The number of hydrogen-bond donors (Lipinski definition) is 1. The molecule has 0 aromatic carbocycles. The van der Waals surface area contributed by atoms with E-state index in [1.807, 2.05) is 0 Å². The second kappa shape index (κ2) is 3.18. The summed E-state index contributed by atoms with van der Waals surface area (Å²) in [5, 5.41) is 0.561. The Morgan fingerprint density at radius 3 is 2.33 bits per heavy atom. The number of thiocarbonyl (C=S) groups is 1. The van der Waals surface area contributed by atoms with Gasteiger partial charge in [-0.15, -0.1) is 0 Å². The van der Waals surface area contributed by atoms with Crippen LogP contribution in [0.4, 0.5) is 0 Å². The number of nitrogens with zero attached hydrogens (tertiary/aromatic N) is 2. The SMILES string of the molecule is NC(=S)N1CC(N2CCCC2)C1. The van der Waals surface area contributed by atoms with Crippen molar-refractivity contribution < 1.29 is 0 Å². The molecule has 68 valence electrons. The van der Waals surface area contributed by atoms with Crippen LogP contribution >= 0.6 is 12.2 Å². The monoisotopic (exact) mass is 185 g/mol. The molecule has 0 saturated carbocycles. The van der Waals surface area contributed by atoms with Crippen molar-refractivity contribution in [3.05, 3.63) is 0 Å². The molecule has 2 N–H and O–H groups in total. The summed E-state index contributed by atoms with van der Waals surface area (Å²) < 4.78 is 0. The van der Waals surface area contributed by atoms with E-state index in [9.17, 15) is 0 Å². The van der Waals surface area contributed by atoms with Crippen molar-refractivity contribution in [1.29, 1.82) is 0 Å². The van der Waals surface area contributed by atoms with Crippen LogP contribution in [0.1, 0.15) is 12.8 Å². The number of rotatable bonds is 1. The van der Waals surface area contributed by atoms with Gasteiger partial charge in [-0.25, -0.2) is 0 Å². The zero-order valence-electron chi connectivity index (χ0n) is 7.20. The van der Waals surface area contributed by atoms with Crippen molar-refractivity contribution >= 4 is 17.3 Å². The van der Waals surface area contributed by atoms with Crippen molar-refractivity contribution in [3.8, 4) is 0 Å². The van der Waals surface area contributed by atoms with Crippen molar-refractivity contribution in [3.63, 3.8) is 0 Å². The molecule has 0 atom stereocenters. The molecule has 3 nitrogen and oxygen atoms in total. The lowest BCUT2D eigenvalue weighted by Crippen LogP contribution is -2.61. The van der Waals surface area contributed by atoms with Crippen molar-refractivity contribution in [1.82, 2.24) is 9.80 Å². The Labute approximate surface area is 78.5 Å². The highest BCUT2D eigenvalue weighted by molar-refractivity contribution is 7.80. The third-order valence-electron chi connectivity index (χ3n) is 2.83. The molecule has 2 saturated heterocycles.